The predicted octanol–water partition coefficient (Wildman–Crippen LogP) is -0.372. The van der Waals surface area contributed by atoms with Gasteiger partial charge in [0.2, 0.25) is 0 Å². The fraction of sp³-hybridized carbons (Fsp3) is 0.286. The first-order valence-electron chi connectivity index (χ1n) is 3.60. The number of carboxylic acid groups (broad SMARTS) is 1. The molecule has 0 aliphatic heterocycles. The number of amides is 1. The SMILES string of the molecule is C[C@@H](C(=O)O)n1ccc(C(N)=O)n1. The van der Waals surface area contributed by atoms with Crippen LogP contribution in [-0.4, -0.2) is 26.8 Å². The largest absolute Gasteiger partial charge is 0.480 e. The highest BCUT2D eigenvalue weighted by atomic mass is 16.4. The minimum absolute atomic E-state index is 0.0631. The van der Waals surface area contributed by atoms with E-state index in [-0.39, 0.29) is 5.69 Å². The molecular weight excluding hydrogens is 174 g/mol. The molecular formula is C7H9N3O3. The maximum Gasteiger partial charge on any atom is 0.328 e. The summed E-state index contributed by atoms with van der Waals surface area (Å²) in [4.78, 5) is 21.1. The van der Waals surface area contributed by atoms with E-state index < -0.39 is 17.9 Å². The van der Waals surface area contributed by atoms with E-state index in [4.69, 9.17) is 10.8 Å². The standard InChI is InChI=1S/C7H9N3O3/c1-4(7(12)13)10-3-2-5(9-10)6(8)11/h2-4H,1H3,(H2,8,11)(H,12,13)/t4-/m0/s1. The van der Waals surface area contributed by atoms with Crippen LogP contribution in [0.3, 0.4) is 0 Å². The molecule has 1 aromatic heterocycles. The molecule has 0 spiro atoms. The summed E-state index contributed by atoms with van der Waals surface area (Å²) < 4.78 is 1.17. The zero-order valence-electron chi connectivity index (χ0n) is 6.97. The smallest absolute Gasteiger partial charge is 0.328 e. The summed E-state index contributed by atoms with van der Waals surface area (Å²) in [6.07, 6.45) is 1.40. The summed E-state index contributed by atoms with van der Waals surface area (Å²) in [5.41, 5.74) is 5.00. The van der Waals surface area contributed by atoms with Gasteiger partial charge in [-0.25, -0.2) is 4.79 Å². The Balaban J connectivity index is 2.91. The first-order chi connectivity index (χ1) is 6.02. The third-order valence-corrected chi connectivity index (χ3v) is 1.61. The predicted molar refractivity (Wildman–Crippen MR) is 43.1 cm³/mol. The molecule has 1 aromatic rings. The Morgan fingerprint density at radius 2 is 2.31 bits per heavy atom. The lowest BCUT2D eigenvalue weighted by molar-refractivity contribution is -0.140. The van der Waals surface area contributed by atoms with Crippen molar-refractivity contribution in [3.63, 3.8) is 0 Å². The average molecular weight is 183 g/mol. The zero-order chi connectivity index (χ0) is 10.0. The van der Waals surface area contributed by atoms with Crippen LogP contribution in [0.5, 0.6) is 0 Å². The van der Waals surface area contributed by atoms with Gasteiger partial charge in [0.15, 0.2) is 0 Å². The lowest BCUT2D eigenvalue weighted by Gasteiger charge is -2.04. The number of primary amides is 1. The second-order valence-corrected chi connectivity index (χ2v) is 2.56. The quantitative estimate of drug-likeness (QED) is 0.667. The molecule has 0 fully saturated rings. The van der Waals surface area contributed by atoms with Gasteiger partial charge in [0.1, 0.15) is 11.7 Å². The van der Waals surface area contributed by atoms with Crippen LogP contribution in [0.25, 0.3) is 0 Å². The molecule has 1 heterocycles. The minimum atomic E-state index is -1.01. The summed E-state index contributed by atoms with van der Waals surface area (Å²) in [5.74, 6) is -1.68. The number of aromatic nitrogens is 2. The van der Waals surface area contributed by atoms with Crippen molar-refractivity contribution in [1.82, 2.24) is 9.78 Å². The Kier molecular flexibility index (Phi) is 2.32. The highest BCUT2D eigenvalue weighted by molar-refractivity contribution is 5.90. The third kappa shape index (κ3) is 1.84. The van der Waals surface area contributed by atoms with Crippen molar-refractivity contribution in [2.24, 2.45) is 5.73 Å². The van der Waals surface area contributed by atoms with E-state index in [1.165, 1.54) is 23.9 Å². The molecule has 1 amide bonds. The average Bonchev–Trinajstić information content (AvgIpc) is 2.50. The van der Waals surface area contributed by atoms with E-state index in [9.17, 15) is 9.59 Å². The maximum absolute atomic E-state index is 10.6. The zero-order valence-corrected chi connectivity index (χ0v) is 6.97. The molecule has 6 heteroatoms. The summed E-state index contributed by atoms with van der Waals surface area (Å²) >= 11 is 0. The second kappa shape index (κ2) is 3.26. The molecule has 0 bridgehead atoms. The molecule has 0 aromatic carbocycles. The summed E-state index contributed by atoms with van der Waals surface area (Å²) in [6.45, 7) is 1.46. The van der Waals surface area contributed by atoms with Gasteiger partial charge in [-0.1, -0.05) is 0 Å². The van der Waals surface area contributed by atoms with Crippen LogP contribution in [0.1, 0.15) is 23.5 Å². The molecule has 0 saturated heterocycles. The van der Waals surface area contributed by atoms with Gasteiger partial charge in [-0.05, 0) is 13.0 Å². The van der Waals surface area contributed by atoms with E-state index >= 15 is 0 Å². The molecule has 13 heavy (non-hydrogen) atoms. The number of nitrogens with zero attached hydrogens (tertiary/aromatic N) is 2. The van der Waals surface area contributed by atoms with E-state index in [0.717, 1.165) is 0 Å². The van der Waals surface area contributed by atoms with E-state index in [2.05, 4.69) is 5.10 Å². The molecule has 1 atom stereocenters. The van der Waals surface area contributed by atoms with Crippen LogP contribution >= 0.6 is 0 Å². The van der Waals surface area contributed by atoms with Crippen molar-refractivity contribution in [2.45, 2.75) is 13.0 Å². The van der Waals surface area contributed by atoms with Gasteiger partial charge in [-0.15, -0.1) is 0 Å². The van der Waals surface area contributed by atoms with Crippen molar-refractivity contribution < 1.29 is 14.7 Å². The molecule has 6 nitrogen and oxygen atoms in total. The first-order valence-corrected chi connectivity index (χ1v) is 3.60. The molecule has 3 N–H and O–H groups in total. The van der Waals surface area contributed by atoms with Gasteiger partial charge in [0.05, 0.1) is 0 Å². The number of hydrogen-bond acceptors (Lipinski definition) is 3. The van der Waals surface area contributed by atoms with Gasteiger partial charge < -0.3 is 10.8 Å². The second-order valence-electron chi connectivity index (χ2n) is 2.56. The minimum Gasteiger partial charge on any atom is -0.480 e. The molecule has 70 valence electrons. The van der Waals surface area contributed by atoms with Gasteiger partial charge in [0, 0.05) is 6.20 Å². The molecule has 0 aliphatic carbocycles. The Morgan fingerprint density at radius 1 is 1.69 bits per heavy atom. The normalized spacial score (nSPS) is 12.4. The van der Waals surface area contributed by atoms with Gasteiger partial charge in [-0.2, -0.15) is 5.10 Å². The number of hydrogen-bond donors (Lipinski definition) is 2. The van der Waals surface area contributed by atoms with Crippen LogP contribution in [0.15, 0.2) is 12.3 Å². The molecule has 0 aliphatic rings. The van der Waals surface area contributed by atoms with Crippen molar-refractivity contribution in [3.8, 4) is 0 Å². The van der Waals surface area contributed by atoms with Crippen molar-refractivity contribution in [1.29, 1.82) is 0 Å². The number of nitrogens with two attached hydrogens (primary N) is 1. The summed E-state index contributed by atoms with van der Waals surface area (Å²) in [7, 11) is 0. The van der Waals surface area contributed by atoms with Crippen molar-refractivity contribution in [3.05, 3.63) is 18.0 Å². The van der Waals surface area contributed by atoms with Gasteiger partial charge >= 0.3 is 5.97 Å². The van der Waals surface area contributed by atoms with Crippen LogP contribution in [-0.2, 0) is 4.79 Å². The number of aliphatic carboxylic acids is 1. The van der Waals surface area contributed by atoms with Crippen LogP contribution in [0.2, 0.25) is 0 Å². The van der Waals surface area contributed by atoms with Gasteiger partial charge in [0.25, 0.3) is 5.91 Å². The fourth-order valence-corrected chi connectivity index (χ4v) is 0.798. The number of rotatable bonds is 3. The molecule has 1 rings (SSSR count). The van der Waals surface area contributed by atoms with E-state index in [1.54, 1.807) is 0 Å². The Labute approximate surface area is 74.0 Å². The fourth-order valence-electron chi connectivity index (χ4n) is 0.798. The lowest BCUT2D eigenvalue weighted by Crippen LogP contribution is -2.18. The highest BCUT2D eigenvalue weighted by Crippen LogP contribution is 2.04. The lowest BCUT2D eigenvalue weighted by atomic mass is 10.4. The van der Waals surface area contributed by atoms with Crippen molar-refractivity contribution >= 4 is 11.9 Å². The Bertz CT molecular complexity index is 345. The van der Waals surface area contributed by atoms with E-state index in [1.807, 2.05) is 0 Å². The van der Waals surface area contributed by atoms with Crippen molar-refractivity contribution in [2.75, 3.05) is 0 Å². The van der Waals surface area contributed by atoms with Crippen LogP contribution in [0, 0.1) is 0 Å². The highest BCUT2D eigenvalue weighted by Gasteiger charge is 2.15. The number of carbonyl (C=O) groups excluding carboxylic acids is 1. The monoisotopic (exact) mass is 183 g/mol. The van der Waals surface area contributed by atoms with Crippen LogP contribution in [0.4, 0.5) is 0 Å². The van der Waals surface area contributed by atoms with Crippen LogP contribution < -0.4 is 5.73 Å². The maximum atomic E-state index is 10.6. The van der Waals surface area contributed by atoms with E-state index in [0.29, 0.717) is 0 Å². The van der Waals surface area contributed by atoms with Gasteiger partial charge in [-0.3, -0.25) is 9.48 Å². The third-order valence-electron chi connectivity index (χ3n) is 1.61. The number of carbonyl (C=O) groups is 2. The first kappa shape index (κ1) is 9.24. The Hall–Kier alpha value is -1.85. The number of carboxylic acids is 1. The Morgan fingerprint density at radius 3 is 2.69 bits per heavy atom. The summed E-state index contributed by atoms with van der Waals surface area (Å²) in [5, 5.41) is 12.3. The molecule has 0 saturated carbocycles. The molecule has 0 radical (unpaired) electrons. The summed E-state index contributed by atoms with van der Waals surface area (Å²) in [6, 6.07) is 0.579. The topological polar surface area (TPSA) is 98.2 Å². The molecule has 0 unspecified atom stereocenters.